The standard InChI is InChI=1S/C22H23N3O3/c1-27-11-10-24-14-18-13-20(22(28-18)15-6-8-23-9-7-15)17-2-4-19-16(12-17)3-5-21(19)25-26/h2,4,6-9,12-13,24,26H,3,5,10-11,14H2,1H3. The largest absolute Gasteiger partial charge is 0.459 e. The molecule has 0 aliphatic heterocycles. The van der Waals surface area contributed by atoms with Crippen molar-refractivity contribution in [1.29, 1.82) is 0 Å². The molecule has 1 aromatic carbocycles. The van der Waals surface area contributed by atoms with E-state index in [2.05, 4.69) is 33.7 Å². The van der Waals surface area contributed by atoms with Crippen LogP contribution in [-0.2, 0) is 17.7 Å². The lowest BCUT2D eigenvalue weighted by Gasteiger charge is -2.06. The molecule has 6 heteroatoms. The van der Waals surface area contributed by atoms with Crippen molar-refractivity contribution in [3.05, 3.63) is 65.7 Å². The maximum absolute atomic E-state index is 9.17. The number of hydrogen-bond donors (Lipinski definition) is 2. The van der Waals surface area contributed by atoms with Crippen LogP contribution in [-0.4, -0.2) is 36.2 Å². The first kappa shape index (κ1) is 18.4. The predicted molar refractivity (Wildman–Crippen MR) is 108 cm³/mol. The number of pyridine rings is 1. The quantitative estimate of drug-likeness (QED) is 0.371. The van der Waals surface area contributed by atoms with Crippen LogP contribution in [0.1, 0.15) is 23.3 Å². The van der Waals surface area contributed by atoms with Crippen LogP contribution in [0, 0.1) is 0 Å². The summed E-state index contributed by atoms with van der Waals surface area (Å²) in [6, 6.07) is 12.3. The Bertz CT molecular complexity index is 980. The molecule has 3 aromatic rings. The zero-order valence-electron chi connectivity index (χ0n) is 15.8. The number of methoxy groups -OCH3 is 1. The van der Waals surface area contributed by atoms with Gasteiger partial charge < -0.3 is 19.7 Å². The Balaban J connectivity index is 1.70. The second-order valence-electron chi connectivity index (χ2n) is 6.78. The lowest BCUT2D eigenvalue weighted by molar-refractivity contribution is 0.198. The highest BCUT2D eigenvalue weighted by Crippen LogP contribution is 2.37. The predicted octanol–water partition coefficient (Wildman–Crippen LogP) is 3.87. The summed E-state index contributed by atoms with van der Waals surface area (Å²) in [6.07, 6.45) is 5.19. The minimum atomic E-state index is 0.633. The lowest BCUT2D eigenvalue weighted by atomic mass is 9.98. The second-order valence-corrected chi connectivity index (χ2v) is 6.78. The second kappa shape index (κ2) is 8.37. The number of aryl methyl sites for hydroxylation is 1. The van der Waals surface area contributed by atoms with Gasteiger partial charge in [0.2, 0.25) is 0 Å². The number of benzene rings is 1. The Kier molecular flexibility index (Phi) is 5.50. The van der Waals surface area contributed by atoms with Gasteiger partial charge >= 0.3 is 0 Å². The van der Waals surface area contributed by atoms with Crippen LogP contribution in [0.25, 0.3) is 22.5 Å². The van der Waals surface area contributed by atoms with E-state index in [0.29, 0.717) is 13.2 Å². The summed E-state index contributed by atoms with van der Waals surface area (Å²) in [5, 5.41) is 15.9. The molecular formula is C22H23N3O3. The molecule has 0 atom stereocenters. The van der Waals surface area contributed by atoms with Gasteiger partial charge in [0.1, 0.15) is 11.5 Å². The first-order chi connectivity index (χ1) is 13.8. The summed E-state index contributed by atoms with van der Waals surface area (Å²) in [4.78, 5) is 4.11. The van der Waals surface area contributed by atoms with E-state index in [1.165, 1.54) is 5.56 Å². The molecule has 0 saturated carbocycles. The van der Waals surface area contributed by atoms with Crippen LogP contribution in [0.2, 0.25) is 0 Å². The van der Waals surface area contributed by atoms with Crippen molar-refractivity contribution in [2.24, 2.45) is 5.16 Å². The molecular weight excluding hydrogens is 354 g/mol. The number of fused-ring (bicyclic) bond motifs is 1. The minimum Gasteiger partial charge on any atom is -0.459 e. The first-order valence-electron chi connectivity index (χ1n) is 9.37. The van der Waals surface area contributed by atoms with Gasteiger partial charge in [-0.05, 0) is 42.2 Å². The van der Waals surface area contributed by atoms with Crippen molar-refractivity contribution < 1.29 is 14.4 Å². The van der Waals surface area contributed by atoms with Gasteiger partial charge in [-0.1, -0.05) is 23.4 Å². The molecule has 0 spiro atoms. The number of nitrogens with zero attached hydrogens (tertiary/aromatic N) is 2. The summed E-state index contributed by atoms with van der Waals surface area (Å²) in [5.41, 5.74) is 6.12. The van der Waals surface area contributed by atoms with Crippen LogP contribution < -0.4 is 5.32 Å². The van der Waals surface area contributed by atoms with Gasteiger partial charge in [-0.15, -0.1) is 0 Å². The van der Waals surface area contributed by atoms with Gasteiger partial charge in [0, 0.05) is 42.7 Å². The van der Waals surface area contributed by atoms with E-state index in [0.717, 1.165) is 58.9 Å². The lowest BCUT2D eigenvalue weighted by Crippen LogP contribution is -2.18. The monoisotopic (exact) mass is 377 g/mol. The van der Waals surface area contributed by atoms with Crippen LogP contribution in [0.3, 0.4) is 0 Å². The number of rotatable bonds is 7. The number of ether oxygens (including phenoxy) is 1. The van der Waals surface area contributed by atoms with Crippen LogP contribution in [0.15, 0.2) is 58.4 Å². The van der Waals surface area contributed by atoms with Gasteiger partial charge in [0.05, 0.1) is 18.9 Å². The Hall–Kier alpha value is -2.96. The Morgan fingerprint density at radius 2 is 1.96 bits per heavy atom. The van der Waals surface area contributed by atoms with Crippen molar-refractivity contribution in [1.82, 2.24) is 10.3 Å². The van der Waals surface area contributed by atoms with E-state index >= 15 is 0 Å². The van der Waals surface area contributed by atoms with E-state index in [-0.39, 0.29) is 0 Å². The van der Waals surface area contributed by atoms with Crippen molar-refractivity contribution in [3.63, 3.8) is 0 Å². The average Bonchev–Trinajstić information content (AvgIpc) is 3.35. The van der Waals surface area contributed by atoms with E-state index in [4.69, 9.17) is 14.4 Å². The molecule has 2 heterocycles. The normalized spacial score (nSPS) is 14.5. The SMILES string of the molecule is COCCNCc1cc(-c2ccc3c(c2)CCC3=NO)c(-c2ccncc2)o1. The zero-order chi connectivity index (χ0) is 19.3. The average molecular weight is 377 g/mol. The molecule has 144 valence electrons. The topological polar surface area (TPSA) is 79.9 Å². The summed E-state index contributed by atoms with van der Waals surface area (Å²) in [7, 11) is 1.69. The van der Waals surface area contributed by atoms with Gasteiger partial charge in [0.25, 0.3) is 0 Å². The fourth-order valence-electron chi connectivity index (χ4n) is 3.59. The highest BCUT2D eigenvalue weighted by atomic mass is 16.5. The number of nitrogens with one attached hydrogen (secondary N) is 1. The minimum absolute atomic E-state index is 0.633. The smallest absolute Gasteiger partial charge is 0.142 e. The van der Waals surface area contributed by atoms with E-state index < -0.39 is 0 Å². The van der Waals surface area contributed by atoms with Crippen molar-refractivity contribution in [3.8, 4) is 22.5 Å². The van der Waals surface area contributed by atoms with Crippen LogP contribution >= 0.6 is 0 Å². The molecule has 0 saturated heterocycles. The Labute approximate surface area is 163 Å². The number of furan rings is 1. The van der Waals surface area contributed by atoms with Crippen molar-refractivity contribution in [2.75, 3.05) is 20.3 Å². The molecule has 2 aromatic heterocycles. The number of hydrogen-bond acceptors (Lipinski definition) is 6. The maximum Gasteiger partial charge on any atom is 0.142 e. The third-order valence-corrected chi connectivity index (χ3v) is 4.99. The summed E-state index contributed by atoms with van der Waals surface area (Å²) in [5.74, 6) is 1.70. The van der Waals surface area contributed by atoms with E-state index in [1.54, 1.807) is 19.5 Å². The number of aromatic nitrogens is 1. The molecule has 0 amide bonds. The van der Waals surface area contributed by atoms with Gasteiger partial charge in [-0.2, -0.15) is 0 Å². The fourth-order valence-corrected chi connectivity index (χ4v) is 3.59. The van der Waals surface area contributed by atoms with Crippen LogP contribution in [0.4, 0.5) is 0 Å². The van der Waals surface area contributed by atoms with Gasteiger partial charge in [0.15, 0.2) is 0 Å². The molecule has 2 N–H and O–H groups in total. The highest BCUT2D eigenvalue weighted by molar-refractivity contribution is 6.04. The van der Waals surface area contributed by atoms with Crippen LogP contribution in [0.5, 0.6) is 0 Å². The molecule has 1 aliphatic rings. The highest BCUT2D eigenvalue weighted by Gasteiger charge is 2.21. The third kappa shape index (κ3) is 3.69. The molecule has 0 radical (unpaired) electrons. The Morgan fingerprint density at radius 3 is 2.75 bits per heavy atom. The summed E-state index contributed by atoms with van der Waals surface area (Å²) in [6.45, 7) is 2.05. The molecule has 4 rings (SSSR count). The summed E-state index contributed by atoms with van der Waals surface area (Å²) >= 11 is 0. The van der Waals surface area contributed by atoms with Gasteiger partial charge in [-0.3, -0.25) is 4.98 Å². The number of oxime groups is 1. The molecule has 0 bridgehead atoms. The molecule has 6 nitrogen and oxygen atoms in total. The van der Waals surface area contributed by atoms with E-state index in [9.17, 15) is 0 Å². The first-order valence-corrected chi connectivity index (χ1v) is 9.37. The van der Waals surface area contributed by atoms with Gasteiger partial charge in [-0.25, -0.2) is 0 Å². The van der Waals surface area contributed by atoms with E-state index in [1.807, 2.05) is 18.2 Å². The third-order valence-electron chi connectivity index (χ3n) is 4.99. The fraction of sp³-hybridized carbons (Fsp3) is 0.273. The maximum atomic E-state index is 9.17. The molecule has 1 aliphatic carbocycles. The molecule has 28 heavy (non-hydrogen) atoms. The van der Waals surface area contributed by atoms with Crippen molar-refractivity contribution in [2.45, 2.75) is 19.4 Å². The Morgan fingerprint density at radius 1 is 1.11 bits per heavy atom. The van der Waals surface area contributed by atoms with Crippen molar-refractivity contribution >= 4 is 5.71 Å². The molecule has 0 fully saturated rings. The summed E-state index contributed by atoms with van der Waals surface area (Å²) < 4.78 is 11.3. The molecule has 0 unspecified atom stereocenters. The zero-order valence-corrected chi connectivity index (χ0v) is 15.8.